The monoisotopic (exact) mass is 295 g/mol. The Morgan fingerprint density at radius 2 is 1.62 bits per heavy atom. The van der Waals surface area contributed by atoms with E-state index < -0.39 is 0 Å². The zero-order chi connectivity index (χ0) is 15.5. The Labute approximate surface area is 132 Å². The van der Waals surface area contributed by atoms with Gasteiger partial charge in [-0.1, -0.05) is 27.7 Å². The molecule has 2 aliphatic heterocycles. The van der Waals surface area contributed by atoms with E-state index in [9.17, 15) is 0 Å². The fraction of sp³-hybridized carbons (Fsp3) is 1.00. The van der Waals surface area contributed by atoms with Crippen LogP contribution in [0.5, 0.6) is 0 Å². The van der Waals surface area contributed by atoms with Gasteiger partial charge in [-0.25, -0.2) is 0 Å². The van der Waals surface area contributed by atoms with Crippen molar-refractivity contribution in [1.82, 2.24) is 9.80 Å². The lowest BCUT2D eigenvalue weighted by atomic mass is 9.74. The summed E-state index contributed by atoms with van der Waals surface area (Å²) in [4.78, 5) is 5.37. The zero-order valence-corrected chi connectivity index (χ0v) is 14.8. The molecule has 2 aliphatic rings. The highest BCUT2D eigenvalue weighted by Crippen LogP contribution is 2.38. The molecule has 0 amide bonds. The van der Waals surface area contributed by atoms with Crippen LogP contribution in [0.1, 0.15) is 59.8 Å². The van der Waals surface area contributed by atoms with Gasteiger partial charge < -0.3 is 10.6 Å². The quantitative estimate of drug-likeness (QED) is 0.865. The molecule has 0 spiro atoms. The third-order valence-electron chi connectivity index (χ3n) is 6.10. The molecule has 21 heavy (non-hydrogen) atoms. The Hall–Kier alpha value is -0.120. The summed E-state index contributed by atoms with van der Waals surface area (Å²) < 4.78 is 0. The van der Waals surface area contributed by atoms with Crippen LogP contribution in [0.3, 0.4) is 0 Å². The van der Waals surface area contributed by atoms with Gasteiger partial charge in [0.05, 0.1) is 0 Å². The fourth-order valence-electron chi connectivity index (χ4n) is 4.38. The van der Waals surface area contributed by atoms with Gasteiger partial charge in [0, 0.05) is 12.1 Å². The van der Waals surface area contributed by atoms with E-state index in [-0.39, 0.29) is 0 Å². The Morgan fingerprint density at radius 1 is 1.05 bits per heavy atom. The van der Waals surface area contributed by atoms with E-state index in [2.05, 4.69) is 37.5 Å². The Bertz CT molecular complexity index is 305. The van der Waals surface area contributed by atoms with Crippen LogP contribution in [0.15, 0.2) is 0 Å². The van der Waals surface area contributed by atoms with Gasteiger partial charge in [0.2, 0.25) is 0 Å². The number of hydrogen-bond acceptors (Lipinski definition) is 3. The molecule has 0 aliphatic carbocycles. The van der Waals surface area contributed by atoms with Gasteiger partial charge in [-0.15, -0.1) is 0 Å². The molecule has 2 fully saturated rings. The molecule has 0 aromatic rings. The summed E-state index contributed by atoms with van der Waals surface area (Å²) in [5.41, 5.74) is 7.01. The summed E-state index contributed by atoms with van der Waals surface area (Å²) in [6.07, 6.45) is 6.51. The summed E-state index contributed by atoms with van der Waals surface area (Å²) >= 11 is 0. The van der Waals surface area contributed by atoms with Crippen LogP contribution in [0, 0.1) is 11.3 Å². The van der Waals surface area contributed by atoms with Crippen molar-refractivity contribution in [3.8, 4) is 0 Å². The van der Waals surface area contributed by atoms with Crippen molar-refractivity contribution < 1.29 is 0 Å². The molecule has 2 rings (SSSR count). The van der Waals surface area contributed by atoms with Crippen LogP contribution in [0.4, 0.5) is 0 Å². The molecule has 2 saturated heterocycles. The van der Waals surface area contributed by atoms with Gasteiger partial charge in [0.15, 0.2) is 0 Å². The van der Waals surface area contributed by atoms with Crippen LogP contribution in [-0.2, 0) is 0 Å². The van der Waals surface area contributed by atoms with Crippen molar-refractivity contribution in [2.75, 3.05) is 39.3 Å². The molecule has 0 aromatic heterocycles. The first-order valence-electron chi connectivity index (χ1n) is 9.09. The second-order valence-electron chi connectivity index (χ2n) is 8.40. The number of hydrogen-bond donors (Lipinski definition) is 1. The van der Waals surface area contributed by atoms with Gasteiger partial charge in [0.1, 0.15) is 0 Å². The van der Waals surface area contributed by atoms with Crippen molar-refractivity contribution in [3.63, 3.8) is 0 Å². The molecule has 0 unspecified atom stereocenters. The highest BCUT2D eigenvalue weighted by molar-refractivity contribution is 4.98. The maximum atomic E-state index is 6.25. The Balaban J connectivity index is 1.91. The number of rotatable bonds is 4. The minimum Gasteiger partial charge on any atom is -0.329 e. The summed E-state index contributed by atoms with van der Waals surface area (Å²) in [5.74, 6) is 0.878. The normalized spacial score (nSPS) is 26.1. The molecule has 0 atom stereocenters. The lowest BCUT2D eigenvalue weighted by Crippen LogP contribution is -2.61. The van der Waals surface area contributed by atoms with E-state index in [4.69, 9.17) is 5.73 Å². The molecule has 2 N–H and O–H groups in total. The molecule has 0 radical (unpaired) electrons. The third kappa shape index (κ3) is 4.00. The van der Waals surface area contributed by atoms with Gasteiger partial charge in [-0.05, 0) is 76.2 Å². The van der Waals surface area contributed by atoms with Crippen molar-refractivity contribution >= 4 is 0 Å². The first kappa shape index (κ1) is 17.2. The molecule has 124 valence electrons. The predicted molar refractivity (Wildman–Crippen MR) is 91.5 cm³/mol. The van der Waals surface area contributed by atoms with Crippen LogP contribution >= 0.6 is 0 Å². The third-order valence-corrected chi connectivity index (χ3v) is 6.10. The number of likely N-dealkylation sites (tertiary alicyclic amines) is 2. The molecule has 3 heteroatoms. The summed E-state index contributed by atoms with van der Waals surface area (Å²) in [6.45, 7) is 16.6. The van der Waals surface area contributed by atoms with Crippen LogP contribution in [-0.4, -0.2) is 54.6 Å². The average Bonchev–Trinajstić information content (AvgIpc) is 2.48. The molecule has 2 heterocycles. The van der Waals surface area contributed by atoms with E-state index >= 15 is 0 Å². The molecule has 3 nitrogen and oxygen atoms in total. The topological polar surface area (TPSA) is 32.5 Å². The highest BCUT2D eigenvalue weighted by atomic mass is 15.2. The van der Waals surface area contributed by atoms with Crippen molar-refractivity contribution in [2.45, 2.75) is 65.3 Å². The predicted octanol–water partition coefficient (Wildman–Crippen LogP) is 2.95. The van der Waals surface area contributed by atoms with E-state index in [1.807, 2.05) is 0 Å². The van der Waals surface area contributed by atoms with Crippen molar-refractivity contribution in [3.05, 3.63) is 0 Å². The molecule has 0 saturated carbocycles. The standard InChI is InChI=1S/C18H37N3/c1-5-10-20-13-8-18(15-19,9-14-20)21-11-6-16(7-12-21)17(2,3)4/h16H,5-15,19H2,1-4H3. The Morgan fingerprint density at radius 3 is 2.05 bits per heavy atom. The number of piperidine rings is 2. The first-order chi connectivity index (χ1) is 9.91. The molecular weight excluding hydrogens is 258 g/mol. The largest absolute Gasteiger partial charge is 0.329 e. The van der Waals surface area contributed by atoms with Crippen LogP contribution in [0.25, 0.3) is 0 Å². The van der Waals surface area contributed by atoms with Gasteiger partial charge in [-0.2, -0.15) is 0 Å². The molecule has 0 aromatic carbocycles. The molecular formula is C18H37N3. The van der Waals surface area contributed by atoms with Gasteiger partial charge in [-0.3, -0.25) is 4.90 Å². The van der Waals surface area contributed by atoms with Crippen molar-refractivity contribution in [2.24, 2.45) is 17.1 Å². The smallest absolute Gasteiger partial charge is 0.0356 e. The average molecular weight is 296 g/mol. The maximum Gasteiger partial charge on any atom is 0.0356 e. The van der Waals surface area contributed by atoms with Gasteiger partial charge in [0.25, 0.3) is 0 Å². The van der Waals surface area contributed by atoms with E-state index in [1.54, 1.807) is 0 Å². The Kier molecular flexibility index (Phi) is 5.72. The first-order valence-corrected chi connectivity index (χ1v) is 9.09. The minimum atomic E-state index is 0.299. The lowest BCUT2D eigenvalue weighted by Gasteiger charge is -2.52. The van der Waals surface area contributed by atoms with E-state index in [0.717, 1.165) is 12.5 Å². The molecule has 0 bridgehead atoms. The maximum absolute atomic E-state index is 6.25. The van der Waals surface area contributed by atoms with Crippen molar-refractivity contribution in [1.29, 1.82) is 0 Å². The van der Waals surface area contributed by atoms with E-state index in [0.29, 0.717) is 11.0 Å². The van der Waals surface area contributed by atoms with Crippen LogP contribution in [0.2, 0.25) is 0 Å². The summed E-state index contributed by atoms with van der Waals surface area (Å²) in [6, 6.07) is 0. The van der Waals surface area contributed by atoms with E-state index in [1.165, 1.54) is 64.8 Å². The highest BCUT2D eigenvalue weighted by Gasteiger charge is 2.41. The number of nitrogens with zero attached hydrogens (tertiary/aromatic N) is 2. The fourth-order valence-corrected chi connectivity index (χ4v) is 4.38. The summed E-state index contributed by atoms with van der Waals surface area (Å²) in [7, 11) is 0. The minimum absolute atomic E-state index is 0.299. The number of nitrogens with two attached hydrogens (primary N) is 1. The lowest BCUT2D eigenvalue weighted by molar-refractivity contribution is -0.00915. The zero-order valence-electron chi connectivity index (χ0n) is 14.8. The van der Waals surface area contributed by atoms with Crippen LogP contribution < -0.4 is 5.73 Å². The second kappa shape index (κ2) is 6.97. The summed E-state index contributed by atoms with van der Waals surface area (Å²) in [5, 5.41) is 0. The van der Waals surface area contributed by atoms with Gasteiger partial charge >= 0.3 is 0 Å². The SMILES string of the molecule is CCCN1CCC(CN)(N2CCC(C(C)(C)C)CC2)CC1. The second-order valence-corrected chi connectivity index (χ2v) is 8.40.